The molecule has 0 aliphatic rings. The van der Waals surface area contributed by atoms with Crippen LogP contribution in [0.5, 0.6) is 0 Å². The number of hydrogen-bond acceptors (Lipinski definition) is 6. The molecule has 0 aromatic heterocycles. The monoisotopic (exact) mass is 445 g/mol. The van der Waals surface area contributed by atoms with E-state index in [0.717, 1.165) is 0 Å². The van der Waals surface area contributed by atoms with Crippen molar-refractivity contribution in [2.24, 2.45) is 0 Å². The largest absolute Gasteiger partial charge is 0.437 e. The van der Waals surface area contributed by atoms with Crippen LogP contribution in [-0.4, -0.2) is 56.6 Å². The topological polar surface area (TPSA) is 66.4 Å². The standard InChI is InChI=1S/C12H37O6Si6/c1-19(2)14-21(5,6)16-23(9,10)18-24(11,12)17-22(7,8)15-20(3,4)13/h13H,1-12H3. The van der Waals surface area contributed by atoms with Gasteiger partial charge >= 0.3 is 42.8 Å². The normalized spacial score (nSPS) is 15.2. The second-order valence-electron chi connectivity index (χ2n) is 8.46. The van der Waals surface area contributed by atoms with Gasteiger partial charge in [-0.3, -0.25) is 0 Å². The average Bonchev–Trinajstić information content (AvgIpc) is 2.00. The van der Waals surface area contributed by atoms with E-state index in [1.807, 2.05) is 39.3 Å². The minimum atomic E-state index is -2.63. The highest BCUT2D eigenvalue weighted by Gasteiger charge is 2.46. The van der Waals surface area contributed by atoms with E-state index in [9.17, 15) is 4.80 Å². The minimum absolute atomic E-state index is 0.808. The second-order valence-corrected chi connectivity index (χ2v) is 28.5. The predicted molar refractivity (Wildman–Crippen MR) is 113 cm³/mol. The zero-order valence-electron chi connectivity index (χ0n) is 17.5. The molecule has 0 amide bonds. The molecule has 1 radical (unpaired) electrons. The molecule has 6 nitrogen and oxygen atoms in total. The van der Waals surface area contributed by atoms with Gasteiger partial charge < -0.3 is 25.4 Å². The molecule has 0 saturated carbocycles. The van der Waals surface area contributed by atoms with Gasteiger partial charge in [-0.25, -0.2) is 0 Å². The highest BCUT2D eigenvalue weighted by atomic mass is 28.5. The molecule has 0 aromatic carbocycles. The SMILES string of the molecule is C[Si](C)O[Si](C)(C)O[Si](C)(C)O[Si](C)(C)O[Si](C)(C)O[Si](C)(C)O. The van der Waals surface area contributed by atoms with Crippen LogP contribution in [0.25, 0.3) is 0 Å². The molecule has 0 fully saturated rings. The Balaban J connectivity index is 4.94. The Labute approximate surface area is 155 Å². The van der Waals surface area contributed by atoms with Crippen molar-refractivity contribution < 1.29 is 25.4 Å². The van der Waals surface area contributed by atoms with E-state index in [2.05, 4.69) is 26.2 Å². The Morgan fingerprint density at radius 1 is 0.542 bits per heavy atom. The van der Waals surface area contributed by atoms with Crippen LogP contribution in [-0.2, 0) is 20.6 Å². The zero-order chi connectivity index (χ0) is 19.6. The maximum Gasteiger partial charge on any atom is 0.320 e. The van der Waals surface area contributed by atoms with Crippen LogP contribution in [0.1, 0.15) is 0 Å². The fourth-order valence-electron chi connectivity index (χ4n) is 2.95. The summed E-state index contributed by atoms with van der Waals surface area (Å²) in [5.74, 6) is 0. The third-order valence-corrected chi connectivity index (χ3v) is 21.8. The van der Waals surface area contributed by atoms with Gasteiger partial charge in [-0.2, -0.15) is 0 Å². The lowest BCUT2D eigenvalue weighted by Gasteiger charge is -2.41. The molecule has 0 rings (SSSR count). The average molecular weight is 446 g/mol. The molecule has 24 heavy (non-hydrogen) atoms. The van der Waals surface area contributed by atoms with Gasteiger partial charge in [0.1, 0.15) is 0 Å². The molecular formula is C12H37O6Si6. The van der Waals surface area contributed by atoms with Crippen LogP contribution in [0.2, 0.25) is 78.6 Å². The first-order chi connectivity index (χ1) is 10.2. The van der Waals surface area contributed by atoms with Crippen LogP contribution in [0.3, 0.4) is 0 Å². The molecule has 12 heteroatoms. The molecule has 0 aliphatic carbocycles. The summed E-state index contributed by atoms with van der Waals surface area (Å²) in [4.78, 5) is 10.0. The molecule has 0 saturated heterocycles. The molecule has 0 unspecified atom stereocenters. The van der Waals surface area contributed by atoms with Crippen LogP contribution in [0.15, 0.2) is 0 Å². The molecular weight excluding hydrogens is 409 g/mol. The highest BCUT2D eigenvalue weighted by Crippen LogP contribution is 2.25. The van der Waals surface area contributed by atoms with E-state index >= 15 is 0 Å². The van der Waals surface area contributed by atoms with Crippen LogP contribution in [0, 0.1) is 0 Å². The van der Waals surface area contributed by atoms with E-state index in [4.69, 9.17) is 20.6 Å². The fourth-order valence-corrected chi connectivity index (χ4v) is 28.1. The summed E-state index contributed by atoms with van der Waals surface area (Å²) in [6, 6.07) is 0. The first-order valence-electron chi connectivity index (χ1n) is 8.26. The van der Waals surface area contributed by atoms with Crippen LogP contribution < -0.4 is 0 Å². The molecule has 0 aliphatic heterocycles. The summed E-state index contributed by atoms with van der Waals surface area (Å²) in [7, 11) is -13.0. The lowest BCUT2D eigenvalue weighted by Crippen LogP contribution is -2.59. The van der Waals surface area contributed by atoms with Crippen molar-refractivity contribution in [1.82, 2.24) is 0 Å². The van der Waals surface area contributed by atoms with E-state index < -0.39 is 51.8 Å². The Hall–Kier alpha value is 1.06. The first-order valence-corrected chi connectivity index (χ1v) is 24.8. The fraction of sp³-hybridized carbons (Fsp3) is 1.00. The molecule has 0 spiro atoms. The van der Waals surface area contributed by atoms with Crippen molar-refractivity contribution in [3.8, 4) is 0 Å². The maximum absolute atomic E-state index is 10.0. The van der Waals surface area contributed by atoms with E-state index in [0.29, 0.717) is 0 Å². The Kier molecular flexibility index (Phi) is 8.76. The molecule has 0 heterocycles. The smallest absolute Gasteiger partial charge is 0.320 e. The van der Waals surface area contributed by atoms with Gasteiger partial charge in [-0.05, 0) is 78.6 Å². The Morgan fingerprint density at radius 3 is 1.12 bits per heavy atom. The number of rotatable bonds is 10. The lowest BCUT2D eigenvalue weighted by molar-refractivity contribution is 0.271. The van der Waals surface area contributed by atoms with Crippen LogP contribution in [0.4, 0.5) is 0 Å². The summed E-state index contributed by atoms with van der Waals surface area (Å²) < 4.78 is 30.9. The summed E-state index contributed by atoms with van der Waals surface area (Å²) >= 11 is 0. The minimum Gasteiger partial charge on any atom is -0.437 e. The van der Waals surface area contributed by atoms with Gasteiger partial charge in [0.2, 0.25) is 0 Å². The van der Waals surface area contributed by atoms with Crippen molar-refractivity contribution in [3.05, 3.63) is 0 Å². The molecule has 0 atom stereocenters. The number of hydrogen-bond donors (Lipinski definition) is 1. The van der Waals surface area contributed by atoms with Gasteiger partial charge in [0.25, 0.3) is 0 Å². The quantitative estimate of drug-likeness (QED) is 0.516. The van der Waals surface area contributed by atoms with E-state index in [-0.39, 0.29) is 0 Å². The first kappa shape index (κ1) is 25.1. The predicted octanol–water partition coefficient (Wildman–Crippen LogP) is 3.82. The van der Waals surface area contributed by atoms with Crippen molar-refractivity contribution in [1.29, 1.82) is 0 Å². The lowest BCUT2D eigenvalue weighted by atomic mass is 11.9. The van der Waals surface area contributed by atoms with Crippen molar-refractivity contribution in [2.75, 3.05) is 0 Å². The Bertz CT molecular complexity index is 407. The summed E-state index contributed by atoms with van der Waals surface area (Å²) in [6.45, 7) is 23.9. The molecule has 0 bridgehead atoms. The molecule has 1 N–H and O–H groups in total. The molecule has 145 valence electrons. The van der Waals surface area contributed by atoms with Gasteiger partial charge in [0.05, 0.1) is 0 Å². The van der Waals surface area contributed by atoms with Crippen molar-refractivity contribution >= 4 is 51.8 Å². The molecule has 0 aromatic rings. The van der Waals surface area contributed by atoms with E-state index in [1.165, 1.54) is 0 Å². The van der Waals surface area contributed by atoms with E-state index in [1.54, 1.807) is 13.1 Å². The van der Waals surface area contributed by atoms with Gasteiger partial charge in [0, 0.05) is 0 Å². The zero-order valence-corrected chi connectivity index (χ0v) is 23.5. The summed E-state index contributed by atoms with van der Waals surface area (Å²) in [6.07, 6.45) is 0. The van der Waals surface area contributed by atoms with Gasteiger partial charge in [-0.1, -0.05) is 0 Å². The van der Waals surface area contributed by atoms with Gasteiger partial charge in [-0.15, -0.1) is 0 Å². The third kappa shape index (κ3) is 12.4. The van der Waals surface area contributed by atoms with Crippen LogP contribution >= 0.6 is 0 Å². The Morgan fingerprint density at radius 2 is 0.833 bits per heavy atom. The second kappa shape index (κ2) is 8.39. The van der Waals surface area contributed by atoms with Gasteiger partial charge in [0.15, 0.2) is 9.04 Å². The summed E-state index contributed by atoms with van der Waals surface area (Å²) in [5, 5.41) is 0. The van der Waals surface area contributed by atoms with Crippen molar-refractivity contribution in [2.45, 2.75) is 78.6 Å². The van der Waals surface area contributed by atoms with Crippen molar-refractivity contribution in [3.63, 3.8) is 0 Å². The highest BCUT2D eigenvalue weighted by molar-refractivity contribution is 6.89. The third-order valence-electron chi connectivity index (χ3n) is 2.42. The summed E-state index contributed by atoms with van der Waals surface area (Å²) in [5.41, 5.74) is 0. The maximum atomic E-state index is 10.0.